The lowest BCUT2D eigenvalue weighted by Gasteiger charge is -2.11. The number of benzene rings is 2. The summed E-state index contributed by atoms with van der Waals surface area (Å²) in [6, 6.07) is 18.3. The van der Waals surface area contributed by atoms with E-state index in [9.17, 15) is 4.79 Å². The van der Waals surface area contributed by atoms with Gasteiger partial charge in [0.05, 0.1) is 5.69 Å². The number of carbonyl (C=O) groups excluding carboxylic acids is 1. The van der Waals surface area contributed by atoms with E-state index >= 15 is 0 Å². The normalized spacial score (nSPS) is 11.1. The summed E-state index contributed by atoms with van der Waals surface area (Å²) in [7, 11) is 0. The predicted molar refractivity (Wildman–Crippen MR) is 117 cm³/mol. The first kappa shape index (κ1) is 18.5. The van der Waals surface area contributed by atoms with Crippen molar-refractivity contribution in [1.82, 2.24) is 14.7 Å². The van der Waals surface area contributed by atoms with E-state index in [0.29, 0.717) is 25.2 Å². The van der Waals surface area contributed by atoms with Gasteiger partial charge in [-0.2, -0.15) is 0 Å². The van der Waals surface area contributed by atoms with E-state index in [4.69, 9.17) is 0 Å². The number of hydrogen-bond acceptors (Lipinski definition) is 3. The van der Waals surface area contributed by atoms with Gasteiger partial charge in [0.1, 0.15) is 11.3 Å². The van der Waals surface area contributed by atoms with Crippen molar-refractivity contribution < 1.29 is 4.79 Å². The minimum absolute atomic E-state index is 0.109. The molecule has 0 saturated heterocycles. The van der Waals surface area contributed by atoms with Crippen molar-refractivity contribution in [2.45, 2.75) is 13.3 Å². The van der Waals surface area contributed by atoms with E-state index in [1.54, 1.807) is 0 Å². The summed E-state index contributed by atoms with van der Waals surface area (Å²) in [5.41, 5.74) is 3.25. The van der Waals surface area contributed by atoms with Gasteiger partial charge < -0.3 is 10.6 Å². The fraction of sp³-hybridized carbons (Fsp3) is 0.182. The van der Waals surface area contributed by atoms with Crippen LogP contribution in [0.1, 0.15) is 23.1 Å². The highest BCUT2D eigenvalue weighted by atomic mass is 79.9. The number of halogens is 1. The number of nitrogens with one attached hydrogen (secondary N) is 2. The van der Waals surface area contributed by atoms with Crippen LogP contribution in [0.2, 0.25) is 0 Å². The standard InChI is InChI=1S/C22H21BrN4O/c1-2-18-21(27-14-16(23)10-11-20(27)26-18)22(28)25-13-12-24-19-9-5-7-15-6-3-4-8-17(15)19/h3-11,14,24H,2,12-13H2,1H3,(H,25,28). The summed E-state index contributed by atoms with van der Waals surface area (Å²) in [5.74, 6) is -0.109. The van der Waals surface area contributed by atoms with E-state index < -0.39 is 0 Å². The van der Waals surface area contributed by atoms with Crippen molar-refractivity contribution >= 4 is 43.9 Å². The number of amides is 1. The number of anilines is 1. The number of nitrogens with zero attached hydrogens (tertiary/aromatic N) is 2. The third-order valence-electron chi connectivity index (χ3n) is 4.72. The Kier molecular flexibility index (Phi) is 5.30. The summed E-state index contributed by atoms with van der Waals surface area (Å²) in [4.78, 5) is 17.4. The predicted octanol–water partition coefficient (Wildman–Crippen LogP) is 4.65. The third kappa shape index (κ3) is 3.60. The number of aryl methyl sites for hydroxylation is 1. The molecule has 4 aromatic rings. The molecule has 0 aliphatic heterocycles. The molecule has 2 aromatic carbocycles. The molecule has 0 bridgehead atoms. The van der Waals surface area contributed by atoms with E-state index in [-0.39, 0.29) is 5.91 Å². The minimum atomic E-state index is -0.109. The van der Waals surface area contributed by atoms with Crippen molar-refractivity contribution in [2.24, 2.45) is 0 Å². The molecule has 2 heterocycles. The molecule has 0 fully saturated rings. The molecular formula is C22H21BrN4O. The quantitative estimate of drug-likeness (QED) is 0.432. The summed E-state index contributed by atoms with van der Waals surface area (Å²) in [5, 5.41) is 8.80. The van der Waals surface area contributed by atoms with Gasteiger partial charge >= 0.3 is 0 Å². The molecule has 0 spiro atoms. The molecule has 0 aliphatic rings. The number of aromatic nitrogens is 2. The molecular weight excluding hydrogens is 416 g/mol. The summed E-state index contributed by atoms with van der Waals surface area (Å²) in [6.45, 7) is 3.17. The van der Waals surface area contributed by atoms with Gasteiger partial charge in [-0.15, -0.1) is 0 Å². The number of imidazole rings is 1. The Morgan fingerprint density at radius 1 is 1.07 bits per heavy atom. The molecule has 142 valence electrons. The lowest BCUT2D eigenvalue weighted by molar-refractivity contribution is 0.0948. The Balaban J connectivity index is 1.45. The van der Waals surface area contributed by atoms with E-state index in [1.165, 1.54) is 10.8 Å². The van der Waals surface area contributed by atoms with Crippen LogP contribution in [-0.4, -0.2) is 28.4 Å². The van der Waals surface area contributed by atoms with E-state index in [2.05, 4.69) is 55.8 Å². The van der Waals surface area contributed by atoms with Gasteiger partial charge in [0.2, 0.25) is 0 Å². The molecule has 5 nitrogen and oxygen atoms in total. The first-order valence-corrected chi connectivity index (χ1v) is 10.1. The molecule has 6 heteroatoms. The van der Waals surface area contributed by atoms with Gasteiger partial charge in [0, 0.05) is 34.8 Å². The molecule has 0 unspecified atom stereocenters. The SMILES string of the molecule is CCc1nc2ccc(Br)cn2c1C(=O)NCCNc1cccc2ccccc12. The lowest BCUT2D eigenvalue weighted by atomic mass is 10.1. The molecule has 2 N–H and O–H groups in total. The molecule has 28 heavy (non-hydrogen) atoms. The molecule has 1 amide bonds. The number of carbonyl (C=O) groups is 1. The van der Waals surface area contributed by atoms with Gasteiger partial charge in [0.15, 0.2) is 0 Å². The highest BCUT2D eigenvalue weighted by Gasteiger charge is 2.18. The largest absolute Gasteiger partial charge is 0.383 e. The second-order valence-corrected chi connectivity index (χ2v) is 7.46. The Morgan fingerprint density at radius 3 is 2.75 bits per heavy atom. The van der Waals surface area contributed by atoms with E-state index in [1.807, 2.05) is 47.9 Å². The van der Waals surface area contributed by atoms with Gasteiger partial charge in [-0.05, 0) is 45.9 Å². The number of hydrogen-bond donors (Lipinski definition) is 2. The van der Waals surface area contributed by atoms with Crippen LogP contribution in [0.15, 0.2) is 65.3 Å². The summed E-state index contributed by atoms with van der Waals surface area (Å²) >= 11 is 3.47. The van der Waals surface area contributed by atoms with Crippen LogP contribution in [0.5, 0.6) is 0 Å². The number of pyridine rings is 1. The summed E-state index contributed by atoms with van der Waals surface area (Å²) in [6.07, 6.45) is 2.58. The van der Waals surface area contributed by atoms with Crippen LogP contribution >= 0.6 is 15.9 Å². The zero-order chi connectivity index (χ0) is 19.5. The fourth-order valence-corrected chi connectivity index (χ4v) is 3.73. The first-order valence-electron chi connectivity index (χ1n) is 9.33. The first-order chi connectivity index (χ1) is 13.7. The minimum Gasteiger partial charge on any atom is -0.383 e. The molecule has 0 radical (unpaired) electrons. The summed E-state index contributed by atoms with van der Waals surface area (Å²) < 4.78 is 2.75. The maximum atomic E-state index is 12.8. The van der Waals surface area contributed by atoms with Crippen LogP contribution in [0.4, 0.5) is 5.69 Å². The topological polar surface area (TPSA) is 58.4 Å². The maximum Gasteiger partial charge on any atom is 0.270 e. The van der Waals surface area contributed by atoms with Gasteiger partial charge in [-0.3, -0.25) is 9.20 Å². The van der Waals surface area contributed by atoms with Crippen LogP contribution in [0, 0.1) is 0 Å². The zero-order valence-corrected chi connectivity index (χ0v) is 17.2. The second kappa shape index (κ2) is 8.02. The van der Waals surface area contributed by atoms with E-state index in [0.717, 1.165) is 21.5 Å². The third-order valence-corrected chi connectivity index (χ3v) is 5.19. The molecule has 4 rings (SSSR count). The van der Waals surface area contributed by atoms with Crippen molar-refractivity contribution in [3.05, 3.63) is 76.7 Å². The van der Waals surface area contributed by atoms with Gasteiger partial charge in [-0.1, -0.05) is 43.3 Å². The van der Waals surface area contributed by atoms with Crippen molar-refractivity contribution in [1.29, 1.82) is 0 Å². The smallest absolute Gasteiger partial charge is 0.270 e. The molecule has 0 atom stereocenters. The molecule has 0 saturated carbocycles. The van der Waals surface area contributed by atoms with Gasteiger partial charge in [-0.25, -0.2) is 4.98 Å². The molecule has 0 aliphatic carbocycles. The Morgan fingerprint density at radius 2 is 1.89 bits per heavy atom. The van der Waals surface area contributed by atoms with Crippen molar-refractivity contribution in [3.8, 4) is 0 Å². The van der Waals surface area contributed by atoms with Crippen LogP contribution < -0.4 is 10.6 Å². The number of rotatable bonds is 6. The van der Waals surface area contributed by atoms with Crippen molar-refractivity contribution in [3.63, 3.8) is 0 Å². The van der Waals surface area contributed by atoms with Crippen LogP contribution in [-0.2, 0) is 6.42 Å². The highest BCUT2D eigenvalue weighted by molar-refractivity contribution is 9.10. The highest BCUT2D eigenvalue weighted by Crippen LogP contribution is 2.22. The number of fused-ring (bicyclic) bond motifs is 2. The van der Waals surface area contributed by atoms with Gasteiger partial charge in [0.25, 0.3) is 5.91 Å². The monoisotopic (exact) mass is 436 g/mol. The average molecular weight is 437 g/mol. The Bertz CT molecular complexity index is 1150. The molecule has 2 aromatic heterocycles. The van der Waals surface area contributed by atoms with Crippen LogP contribution in [0.25, 0.3) is 16.4 Å². The van der Waals surface area contributed by atoms with Crippen molar-refractivity contribution in [2.75, 3.05) is 18.4 Å². The fourth-order valence-electron chi connectivity index (χ4n) is 3.39. The second-order valence-electron chi connectivity index (χ2n) is 6.55. The zero-order valence-electron chi connectivity index (χ0n) is 15.6. The lowest BCUT2D eigenvalue weighted by Crippen LogP contribution is -2.30. The Labute approximate surface area is 171 Å². The average Bonchev–Trinajstić information content (AvgIpc) is 3.09. The Hall–Kier alpha value is -2.86. The maximum absolute atomic E-state index is 12.8. The van der Waals surface area contributed by atoms with Crippen LogP contribution in [0.3, 0.4) is 0 Å².